The van der Waals surface area contributed by atoms with Crippen molar-refractivity contribution < 1.29 is 22.7 Å². The van der Waals surface area contributed by atoms with E-state index in [1.54, 1.807) is 30.3 Å². The van der Waals surface area contributed by atoms with E-state index in [1.807, 2.05) is 13.8 Å². The summed E-state index contributed by atoms with van der Waals surface area (Å²) in [4.78, 5) is 12.8. The van der Waals surface area contributed by atoms with E-state index >= 15 is 0 Å². The SMILES string of the molecule is COc1ccc(Cl)cc1NCC(=O)c1cccc(S(=O)(=O)N2CC(C)OC(C)C2)c1. The van der Waals surface area contributed by atoms with Crippen LogP contribution in [0.15, 0.2) is 47.4 Å². The first kappa shape index (κ1) is 22.6. The summed E-state index contributed by atoms with van der Waals surface area (Å²) in [5, 5.41) is 3.51. The molecule has 0 aromatic heterocycles. The van der Waals surface area contributed by atoms with Crippen molar-refractivity contribution in [3.05, 3.63) is 53.1 Å². The highest BCUT2D eigenvalue weighted by atomic mass is 35.5. The number of Topliss-reactive ketones (excluding diaryl/α,β-unsaturated/α-hetero) is 1. The van der Waals surface area contributed by atoms with Gasteiger partial charge in [0.1, 0.15) is 5.75 Å². The molecule has 1 N–H and O–H groups in total. The van der Waals surface area contributed by atoms with E-state index in [0.717, 1.165) is 0 Å². The van der Waals surface area contributed by atoms with Gasteiger partial charge in [-0.05, 0) is 44.2 Å². The van der Waals surface area contributed by atoms with Crippen molar-refractivity contribution in [2.75, 3.05) is 32.1 Å². The summed E-state index contributed by atoms with van der Waals surface area (Å²) in [6, 6.07) is 11.1. The van der Waals surface area contributed by atoms with E-state index in [2.05, 4.69) is 5.32 Å². The minimum absolute atomic E-state index is 0.0359. The Hall–Kier alpha value is -2.13. The van der Waals surface area contributed by atoms with E-state index in [0.29, 0.717) is 22.0 Å². The molecule has 0 spiro atoms. The lowest BCUT2D eigenvalue weighted by Gasteiger charge is -2.34. The average molecular weight is 453 g/mol. The molecule has 0 radical (unpaired) electrons. The molecule has 162 valence electrons. The van der Waals surface area contributed by atoms with Crippen LogP contribution in [0.1, 0.15) is 24.2 Å². The third-order valence-electron chi connectivity index (χ3n) is 4.78. The average Bonchev–Trinajstić information content (AvgIpc) is 2.71. The predicted octanol–water partition coefficient (Wildman–Crippen LogP) is 3.44. The molecular weight excluding hydrogens is 428 g/mol. The van der Waals surface area contributed by atoms with Gasteiger partial charge in [-0.3, -0.25) is 4.79 Å². The zero-order chi connectivity index (χ0) is 21.9. The highest BCUT2D eigenvalue weighted by Crippen LogP contribution is 2.28. The quantitative estimate of drug-likeness (QED) is 0.648. The number of halogens is 1. The minimum atomic E-state index is -3.72. The molecule has 30 heavy (non-hydrogen) atoms. The summed E-state index contributed by atoms with van der Waals surface area (Å²) < 4.78 is 38.4. The number of carbonyl (C=O) groups excluding carboxylic acids is 1. The maximum absolute atomic E-state index is 13.1. The van der Waals surface area contributed by atoms with Crippen LogP contribution in [0.2, 0.25) is 5.02 Å². The van der Waals surface area contributed by atoms with E-state index < -0.39 is 10.0 Å². The highest BCUT2D eigenvalue weighted by Gasteiger charge is 2.32. The summed E-state index contributed by atoms with van der Waals surface area (Å²) in [6.45, 7) is 4.20. The Labute approximate surface area is 182 Å². The van der Waals surface area contributed by atoms with Gasteiger partial charge in [-0.1, -0.05) is 23.7 Å². The zero-order valence-electron chi connectivity index (χ0n) is 17.1. The maximum Gasteiger partial charge on any atom is 0.243 e. The molecule has 9 heteroatoms. The van der Waals surface area contributed by atoms with Crippen LogP contribution in [0.5, 0.6) is 5.75 Å². The van der Waals surface area contributed by atoms with Gasteiger partial charge in [-0.2, -0.15) is 4.31 Å². The molecule has 0 saturated carbocycles. The Balaban J connectivity index is 1.76. The Kier molecular flexibility index (Phi) is 7.02. The van der Waals surface area contributed by atoms with E-state index in [9.17, 15) is 13.2 Å². The third-order valence-corrected chi connectivity index (χ3v) is 6.84. The van der Waals surface area contributed by atoms with Gasteiger partial charge in [0.2, 0.25) is 10.0 Å². The molecule has 2 atom stereocenters. The molecule has 2 aromatic rings. The second kappa shape index (κ2) is 9.34. The van der Waals surface area contributed by atoms with Crippen LogP contribution in [0.3, 0.4) is 0 Å². The van der Waals surface area contributed by atoms with Crippen molar-refractivity contribution in [3.63, 3.8) is 0 Å². The van der Waals surface area contributed by atoms with Crippen molar-refractivity contribution >= 4 is 33.1 Å². The lowest BCUT2D eigenvalue weighted by atomic mass is 10.1. The molecular formula is C21H25ClN2O5S. The van der Waals surface area contributed by atoms with Crippen LogP contribution < -0.4 is 10.1 Å². The Morgan fingerprint density at radius 1 is 1.20 bits per heavy atom. The lowest BCUT2D eigenvalue weighted by Crippen LogP contribution is -2.48. The number of sulfonamides is 1. The lowest BCUT2D eigenvalue weighted by molar-refractivity contribution is -0.0440. The van der Waals surface area contributed by atoms with Crippen molar-refractivity contribution in [2.24, 2.45) is 0 Å². The first-order chi connectivity index (χ1) is 14.2. The molecule has 0 amide bonds. The number of carbonyl (C=O) groups is 1. The number of hydrogen-bond acceptors (Lipinski definition) is 6. The standard InChI is InChI=1S/C21H25ClN2O5S/c1-14-12-24(13-15(2)29-14)30(26,27)18-6-4-5-16(9-18)20(25)11-23-19-10-17(22)7-8-21(19)28-3/h4-10,14-15,23H,11-13H2,1-3H3. The number of morpholine rings is 1. The molecule has 7 nitrogen and oxygen atoms in total. The Morgan fingerprint density at radius 3 is 2.57 bits per heavy atom. The van der Waals surface area contributed by atoms with Crippen LogP contribution in [-0.2, 0) is 14.8 Å². The van der Waals surface area contributed by atoms with Crippen LogP contribution in [-0.4, -0.2) is 57.5 Å². The number of nitrogens with one attached hydrogen (secondary N) is 1. The number of rotatable bonds is 7. The first-order valence-electron chi connectivity index (χ1n) is 9.57. The van der Waals surface area contributed by atoms with Crippen molar-refractivity contribution in [1.82, 2.24) is 4.31 Å². The van der Waals surface area contributed by atoms with E-state index in [-0.39, 0.29) is 42.5 Å². The normalized spacial score (nSPS) is 20.0. The highest BCUT2D eigenvalue weighted by molar-refractivity contribution is 7.89. The monoisotopic (exact) mass is 452 g/mol. The van der Waals surface area contributed by atoms with Crippen molar-refractivity contribution in [3.8, 4) is 5.75 Å². The number of ether oxygens (including phenoxy) is 2. The molecule has 0 bridgehead atoms. The van der Waals surface area contributed by atoms with E-state index in [1.165, 1.54) is 23.5 Å². The molecule has 1 heterocycles. The number of benzene rings is 2. The number of hydrogen-bond donors (Lipinski definition) is 1. The van der Waals surface area contributed by atoms with Crippen LogP contribution >= 0.6 is 11.6 Å². The van der Waals surface area contributed by atoms with Gasteiger partial charge in [-0.15, -0.1) is 0 Å². The number of nitrogens with zero attached hydrogens (tertiary/aromatic N) is 1. The zero-order valence-corrected chi connectivity index (χ0v) is 18.7. The topological polar surface area (TPSA) is 84.9 Å². The van der Waals surface area contributed by atoms with Gasteiger partial charge >= 0.3 is 0 Å². The molecule has 1 aliphatic rings. The first-order valence-corrected chi connectivity index (χ1v) is 11.4. The molecule has 1 aliphatic heterocycles. The fraction of sp³-hybridized carbons (Fsp3) is 0.381. The van der Waals surface area contributed by atoms with Crippen LogP contribution in [0.4, 0.5) is 5.69 Å². The summed E-state index contributed by atoms with van der Waals surface area (Å²) >= 11 is 6.01. The molecule has 2 aromatic carbocycles. The van der Waals surface area contributed by atoms with Crippen LogP contribution in [0, 0.1) is 0 Å². The Bertz CT molecular complexity index is 1020. The number of anilines is 1. The van der Waals surface area contributed by atoms with Gasteiger partial charge in [0.25, 0.3) is 0 Å². The van der Waals surface area contributed by atoms with Crippen molar-refractivity contribution in [1.29, 1.82) is 0 Å². The second-order valence-corrected chi connectivity index (χ2v) is 9.60. The molecule has 1 saturated heterocycles. The smallest absolute Gasteiger partial charge is 0.243 e. The summed E-state index contributed by atoms with van der Waals surface area (Å²) in [5.41, 5.74) is 0.886. The summed E-state index contributed by atoms with van der Waals surface area (Å²) in [5.74, 6) is 0.303. The van der Waals surface area contributed by atoms with Crippen molar-refractivity contribution in [2.45, 2.75) is 31.0 Å². The molecule has 1 fully saturated rings. The van der Waals surface area contributed by atoms with Gasteiger partial charge in [0.15, 0.2) is 5.78 Å². The summed E-state index contributed by atoms with van der Waals surface area (Å²) in [6.07, 6.45) is -0.379. The Morgan fingerprint density at radius 2 is 1.90 bits per heavy atom. The van der Waals surface area contributed by atoms with Gasteiger partial charge in [0.05, 0.1) is 36.4 Å². The fourth-order valence-electron chi connectivity index (χ4n) is 3.40. The predicted molar refractivity (Wildman–Crippen MR) is 116 cm³/mol. The molecule has 2 unspecified atom stereocenters. The second-order valence-electron chi connectivity index (χ2n) is 7.23. The largest absolute Gasteiger partial charge is 0.495 e. The van der Waals surface area contributed by atoms with Gasteiger partial charge in [0, 0.05) is 23.7 Å². The molecule has 3 rings (SSSR count). The van der Waals surface area contributed by atoms with Gasteiger partial charge in [-0.25, -0.2) is 8.42 Å². The van der Waals surface area contributed by atoms with Gasteiger partial charge < -0.3 is 14.8 Å². The van der Waals surface area contributed by atoms with E-state index in [4.69, 9.17) is 21.1 Å². The third kappa shape index (κ3) is 5.13. The maximum atomic E-state index is 13.1. The minimum Gasteiger partial charge on any atom is -0.495 e. The molecule has 0 aliphatic carbocycles. The van der Waals surface area contributed by atoms with Crippen LogP contribution in [0.25, 0.3) is 0 Å². The fourth-order valence-corrected chi connectivity index (χ4v) is 5.21. The number of methoxy groups -OCH3 is 1. The summed E-state index contributed by atoms with van der Waals surface area (Å²) in [7, 11) is -2.20. The number of ketones is 1.